The highest BCUT2D eigenvalue weighted by Gasteiger charge is 2.10. The molecule has 3 nitrogen and oxygen atoms in total. The van der Waals surface area contributed by atoms with Gasteiger partial charge in [0.15, 0.2) is 0 Å². The van der Waals surface area contributed by atoms with Gasteiger partial charge in [-0.25, -0.2) is 4.68 Å². The summed E-state index contributed by atoms with van der Waals surface area (Å²) in [6.45, 7) is 6.22. The summed E-state index contributed by atoms with van der Waals surface area (Å²) in [4.78, 5) is 0. The summed E-state index contributed by atoms with van der Waals surface area (Å²) in [7, 11) is 1.96. The molecule has 1 aromatic carbocycles. The highest BCUT2D eigenvalue weighted by molar-refractivity contribution is 9.10. The Kier molecular flexibility index (Phi) is 3.88. The number of nitrogens with zero attached hydrogens (tertiary/aromatic N) is 2. The van der Waals surface area contributed by atoms with Gasteiger partial charge >= 0.3 is 0 Å². The van der Waals surface area contributed by atoms with E-state index < -0.39 is 0 Å². The molecule has 1 aromatic heterocycles. The summed E-state index contributed by atoms with van der Waals surface area (Å²) in [5, 5.41) is 7.74. The first-order chi connectivity index (χ1) is 8.52. The molecule has 0 saturated heterocycles. The van der Waals surface area contributed by atoms with Crippen LogP contribution in [0.2, 0.25) is 0 Å². The molecule has 2 aromatic rings. The Balaban J connectivity index is 2.43. The zero-order valence-corrected chi connectivity index (χ0v) is 12.7. The number of halogens is 1. The van der Waals surface area contributed by atoms with Crippen LogP contribution in [0.5, 0.6) is 0 Å². The molecule has 1 unspecified atom stereocenters. The van der Waals surface area contributed by atoms with E-state index in [9.17, 15) is 0 Å². The fraction of sp³-hybridized carbons (Fsp3) is 0.357. The van der Waals surface area contributed by atoms with Gasteiger partial charge in [0, 0.05) is 16.2 Å². The average Bonchev–Trinajstić information content (AvgIpc) is 2.67. The molecule has 96 valence electrons. The lowest BCUT2D eigenvalue weighted by Crippen LogP contribution is -2.13. The largest absolute Gasteiger partial charge is 0.313 e. The van der Waals surface area contributed by atoms with Crippen LogP contribution in [-0.2, 0) is 0 Å². The van der Waals surface area contributed by atoms with Gasteiger partial charge < -0.3 is 5.32 Å². The Morgan fingerprint density at radius 1 is 1.28 bits per heavy atom. The molecule has 0 radical (unpaired) electrons. The Morgan fingerprint density at radius 3 is 2.50 bits per heavy atom. The van der Waals surface area contributed by atoms with E-state index in [-0.39, 0.29) is 0 Å². The Hall–Kier alpha value is -1.13. The predicted octanol–water partition coefficient (Wildman–Crippen LogP) is 3.53. The predicted molar refractivity (Wildman–Crippen MR) is 78.2 cm³/mol. The smallest absolute Gasteiger partial charge is 0.0660 e. The fourth-order valence-electron chi connectivity index (χ4n) is 2.04. The van der Waals surface area contributed by atoms with Crippen molar-refractivity contribution in [3.63, 3.8) is 0 Å². The Bertz CT molecular complexity index is 560. The van der Waals surface area contributed by atoms with Crippen LogP contribution >= 0.6 is 15.9 Å². The van der Waals surface area contributed by atoms with Gasteiger partial charge in [0.1, 0.15) is 0 Å². The van der Waals surface area contributed by atoms with Crippen LogP contribution in [0.1, 0.15) is 29.9 Å². The second-order valence-corrected chi connectivity index (χ2v) is 5.41. The fourth-order valence-corrected chi connectivity index (χ4v) is 2.75. The van der Waals surface area contributed by atoms with Gasteiger partial charge in [-0.2, -0.15) is 5.10 Å². The minimum absolute atomic E-state index is 0.328. The third kappa shape index (κ3) is 2.49. The minimum Gasteiger partial charge on any atom is -0.313 e. The summed E-state index contributed by atoms with van der Waals surface area (Å²) < 4.78 is 3.07. The maximum absolute atomic E-state index is 4.50. The van der Waals surface area contributed by atoms with Crippen molar-refractivity contribution in [2.45, 2.75) is 26.8 Å². The molecular formula is C14H18BrN3. The molecule has 4 heteroatoms. The molecule has 0 fully saturated rings. The molecule has 1 heterocycles. The molecule has 1 N–H and O–H groups in total. The van der Waals surface area contributed by atoms with Crippen LogP contribution in [-0.4, -0.2) is 16.8 Å². The quantitative estimate of drug-likeness (QED) is 0.940. The van der Waals surface area contributed by atoms with Crippen molar-refractivity contribution >= 4 is 15.9 Å². The molecule has 0 bridgehead atoms. The zero-order valence-electron chi connectivity index (χ0n) is 11.2. The maximum Gasteiger partial charge on any atom is 0.0660 e. The van der Waals surface area contributed by atoms with Gasteiger partial charge in [0.05, 0.1) is 11.4 Å². The lowest BCUT2D eigenvalue weighted by atomic mass is 10.1. The van der Waals surface area contributed by atoms with Gasteiger partial charge in [-0.1, -0.05) is 22.0 Å². The van der Waals surface area contributed by atoms with Crippen molar-refractivity contribution in [1.82, 2.24) is 15.1 Å². The van der Waals surface area contributed by atoms with Gasteiger partial charge in [-0.3, -0.25) is 0 Å². The van der Waals surface area contributed by atoms with Gasteiger partial charge in [0.25, 0.3) is 0 Å². The number of hydrogen-bond donors (Lipinski definition) is 1. The molecular weight excluding hydrogens is 290 g/mol. The summed E-state index contributed by atoms with van der Waals surface area (Å²) in [5.74, 6) is 0. The summed E-state index contributed by atoms with van der Waals surface area (Å²) >= 11 is 3.64. The third-order valence-electron chi connectivity index (χ3n) is 3.14. The molecule has 1 atom stereocenters. The van der Waals surface area contributed by atoms with Crippen LogP contribution < -0.4 is 5.32 Å². The average molecular weight is 308 g/mol. The topological polar surface area (TPSA) is 29.9 Å². The molecule has 0 aliphatic rings. The normalized spacial score (nSPS) is 12.7. The number of aryl methyl sites for hydroxylation is 2. The monoisotopic (exact) mass is 307 g/mol. The number of hydrogen-bond acceptors (Lipinski definition) is 2. The van der Waals surface area contributed by atoms with E-state index in [1.165, 1.54) is 5.56 Å². The van der Waals surface area contributed by atoms with Crippen molar-refractivity contribution in [2.75, 3.05) is 7.05 Å². The van der Waals surface area contributed by atoms with Crippen molar-refractivity contribution in [2.24, 2.45) is 0 Å². The van der Waals surface area contributed by atoms with E-state index in [1.54, 1.807) is 0 Å². The van der Waals surface area contributed by atoms with Crippen molar-refractivity contribution in [3.8, 4) is 5.69 Å². The lowest BCUT2D eigenvalue weighted by Gasteiger charge is -2.14. The molecule has 0 aliphatic carbocycles. The first-order valence-corrected chi connectivity index (χ1v) is 6.82. The molecule has 0 spiro atoms. The third-order valence-corrected chi connectivity index (χ3v) is 3.82. The first-order valence-electron chi connectivity index (χ1n) is 6.03. The maximum atomic E-state index is 4.50. The lowest BCUT2D eigenvalue weighted by molar-refractivity contribution is 0.649. The van der Waals surface area contributed by atoms with Crippen LogP contribution in [0.25, 0.3) is 5.69 Å². The summed E-state index contributed by atoms with van der Waals surface area (Å²) in [6, 6.07) is 8.76. The highest BCUT2D eigenvalue weighted by Crippen LogP contribution is 2.26. The van der Waals surface area contributed by atoms with Gasteiger partial charge in [-0.05, 0) is 51.6 Å². The Labute approximate surface area is 116 Å². The molecule has 0 amide bonds. The van der Waals surface area contributed by atoms with E-state index in [1.807, 2.05) is 18.7 Å². The SMILES string of the molecule is CNC(C)c1ccc(-n2nc(C)cc2C)cc1Br. The Morgan fingerprint density at radius 2 is 2.00 bits per heavy atom. The van der Waals surface area contributed by atoms with Crippen LogP contribution in [0.15, 0.2) is 28.7 Å². The molecule has 0 saturated carbocycles. The number of aromatic nitrogens is 2. The molecule has 2 rings (SSSR count). The van der Waals surface area contributed by atoms with E-state index in [2.05, 4.69) is 64.5 Å². The second kappa shape index (κ2) is 5.24. The van der Waals surface area contributed by atoms with E-state index >= 15 is 0 Å². The van der Waals surface area contributed by atoms with E-state index in [0.29, 0.717) is 6.04 Å². The number of nitrogens with one attached hydrogen (secondary N) is 1. The first kappa shape index (κ1) is 13.3. The van der Waals surface area contributed by atoms with E-state index in [0.717, 1.165) is 21.5 Å². The van der Waals surface area contributed by atoms with Crippen LogP contribution in [0, 0.1) is 13.8 Å². The van der Waals surface area contributed by atoms with Crippen LogP contribution in [0.4, 0.5) is 0 Å². The van der Waals surface area contributed by atoms with Crippen molar-refractivity contribution < 1.29 is 0 Å². The molecule has 18 heavy (non-hydrogen) atoms. The summed E-state index contributed by atoms with van der Waals surface area (Å²) in [5.41, 5.74) is 4.52. The van der Waals surface area contributed by atoms with Crippen molar-refractivity contribution in [1.29, 1.82) is 0 Å². The van der Waals surface area contributed by atoms with Gasteiger partial charge in [0.2, 0.25) is 0 Å². The van der Waals surface area contributed by atoms with Gasteiger partial charge in [-0.15, -0.1) is 0 Å². The van der Waals surface area contributed by atoms with Crippen LogP contribution in [0.3, 0.4) is 0 Å². The number of rotatable bonds is 3. The number of benzene rings is 1. The highest BCUT2D eigenvalue weighted by atomic mass is 79.9. The standard InChI is InChI=1S/C14H18BrN3/c1-9-7-10(2)18(17-9)12-5-6-13(11(3)16-4)14(15)8-12/h5-8,11,16H,1-4H3. The zero-order chi connectivity index (χ0) is 13.3. The summed E-state index contributed by atoms with van der Waals surface area (Å²) in [6.07, 6.45) is 0. The minimum atomic E-state index is 0.328. The van der Waals surface area contributed by atoms with Crippen molar-refractivity contribution in [3.05, 3.63) is 45.7 Å². The second-order valence-electron chi connectivity index (χ2n) is 4.56. The molecule has 0 aliphatic heterocycles. The van der Waals surface area contributed by atoms with E-state index in [4.69, 9.17) is 0 Å².